The Balaban J connectivity index is 2.10. The van der Waals surface area contributed by atoms with Crippen molar-refractivity contribution < 1.29 is 22.7 Å². The maximum Gasteiger partial charge on any atom is 0.243 e. The summed E-state index contributed by atoms with van der Waals surface area (Å²) in [6.07, 6.45) is 1.03. The molecular weight excluding hydrogens is 428 g/mol. The predicted molar refractivity (Wildman–Crippen MR) is 119 cm³/mol. The Bertz CT molecular complexity index is 1010. The van der Waals surface area contributed by atoms with Crippen molar-refractivity contribution in [1.82, 2.24) is 5.32 Å². The van der Waals surface area contributed by atoms with Gasteiger partial charge in [0.05, 0.1) is 25.6 Å². The van der Waals surface area contributed by atoms with Crippen LogP contribution in [0.25, 0.3) is 0 Å². The van der Waals surface area contributed by atoms with Gasteiger partial charge in [0.15, 0.2) is 0 Å². The van der Waals surface area contributed by atoms with Gasteiger partial charge in [-0.2, -0.15) is 0 Å². The van der Waals surface area contributed by atoms with Crippen molar-refractivity contribution in [3.05, 3.63) is 52.5 Å². The summed E-state index contributed by atoms with van der Waals surface area (Å²) in [6, 6.07) is 9.46. The highest BCUT2D eigenvalue weighted by molar-refractivity contribution is 7.92. The zero-order valence-corrected chi connectivity index (χ0v) is 19.3. The molecule has 1 atom stereocenters. The Hall–Kier alpha value is -2.45. The minimum atomic E-state index is -3.79. The molecule has 1 N–H and O–H groups in total. The molecule has 0 aliphatic carbocycles. The summed E-state index contributed by atoms with van der Waals surface area (Å²) in [7, 11) is -2.37. The second-order valence-corrected chi connectivity index (χ2v) is 9.26. The van der Waals surface area contributed by atoms with Crippen LogP contribution in [0.15, 0.2) is 36.4 Å². The number of anilines is 1. The number of halogens is 1. The van der Waals surface area contributed by atoms with Gasteiger partial charge < -0.3 is 14.8 Å². The third kappa shape index (κ3) is 6.03. The number of carbonyl (C=O) groups excluding carboxylic acids is 1. The number of hydrogen-bond acceptors (Lipinski definition) is 5. The molecule has 0 aliphatic rings. The minimum absolute atomic E-state index is 0.196. The number of ether oxygens (including phenoxy) is 2. The van der Waals surface area contributed by atoms with E-state index in [1.807, 2.05) is 32.0 Å². The molecule has 0 fully saturated rings. The van der Waals surface area contributed by atoms with Crippen LogP contribution in [0.3, 0.4) is 0 Å². The highest BCUT2D eigenvalue weighted by Crippen LogP contribution is 2.34. The Morgan fingerprint density at radius 3 is 2.50 bits per heavy atom. The summed E-state index contributed by atoms with van der Waals surface area (Å²) < 4.78 is 36.9. The molecule has 0 aliphatic heterocycles. The first-order valence-corrected chi connectivity index (χ1v) is 11.6. The molecule has 9 heteroatoms. The molecule has 0 unspecified atom stereocenters. The molecule has 2 aromatic rings. The summed E-state index contributed by atoms with van der Waals surface area (Å²) in [5.74, 6) is 0.577. The van der Waals surface area contributed by atoms with E-state index in [0.717, 1.165) is 27.4 Å². The van der Waals surface area contributed by atoms with Gasteiger partial charge in [-0.05, 0) is 56.2 Å². The molecule has 7 nitrogen and oxygen atoms in total. The van der Waals surface area contributed by atoms with Crippen LogP contribution in [0, 0.1) is 13.8 Å². The van der Waals surface area contributed by atoms with Gasteiger partial charge in [-0.15, -0.1) is 0 Å². The topological polar surface area (TPSA) is 84.9 Å². The normalized spacial score (nSPS) is 12.2. The lowest BCUT2D eigenvalue weighted by Gasteiger charge is -2.29. The van der Waals surface area contributed by atoms with E-state index in [9.17, 15) is 13.2 Å². The summed E-state index contributed by atoms with van der Waals surface area (Å²) >= 11 is 6.04. The zero-order valence-electron chi connectivity index (χ0n) is 17.7. The van der Waals surface area contributed by atoms with Gasteiger partial charge >= 0.3 is 0 Å². The average Bonchev–Trinajstić information content (AvgIpc) is 2.66. The molecule has 0 aromatic heterocycles. The first-order valence-electron chi connectivity index (χ1n) is 9.35. The van der Waals surface area contributed by atoms with Gasteiger partial charge in [-0.1, -0.05) is 23.7 Å². The van der Waals surface area contributed by atoms with Gasteiger partial charge in [0, 0.05) is 5.02 Å². The smallest absolute Gasteiger partial charge is 0.243 e. The van der Waals surface area contributed by atoms with Gasteiger partial charge in [-0.3, -0.25) is 9.10 Å². The number of benzene rings is 2. The maximum atomic E-state index is 12.7. The van der Waals surface area contributed by atoms with Crippen LogP contribution in [0.4, 0.5) is 5.69 Å². The first kappa shape index (κ1) is 23.8. The Kier molecular flexibility index (Phi) is 7.97. The van der Waals surface area contributed by atoms with Gasteiger partial charge in [0.25, 0.3) is 0 Å². The van der Waals surface area contributed by atoms with Crippen molar-refractivity contribution >= 4 is 33.2 Å². The summed E-state index contributed by atoms with van der Waals surface area (Å²) in [4.78, 5) is 12.7. The van der Waals surface area contributed by atoms with Crippen LogP contribution in [-0.2, 0) is 14.8 Å². The number of hydrogen-bond donors (Lipinski definition) is 1. The van der Waals surface area contributed by atoms with Crippen molar-refractivity contribution in [2.24, 2.45) is 0 Å². The minimum Gasteiger partial charge on any atom is -0.495 e. The predicted octanol–water partition coefficient (Wildman–Crippen LogP) is 3.32. The molecule has 0 saturated carbocycles. The van der Waals surface area contributed by atoms with Crippen LogP contribution in [0.2, 0.25) is 5.02 Å². The molecule has 0 heterocycles. The van der Waals surface area contributed by atoms with Crippen LogP contribution in [-0.4, -0.2) is 46.9 Å². The maximum absolute atomic E-state index is 12.7. The number of amides is 1. The van der Waals surface area contributed by atoms with E-state index < -0.39 is 22.0 Å². The fourth-order valence-corrected chi connectivity index (χ4v) is 4.30. The summed E-state index contributed by atoms with van der Waals surface area (Å²) in [5, 5.41) is 3.05. The number of carbonyl (C=O) groups is 1. The largest absolute Gasteiger partial charge is 0.495 e. The van der Waals surface area contributed by atoms with E-state index in [4.69, 9.17) is 21.1 Å². The standard InChI is InChI=1S/C21H27ClN2O5S/c1-14-6-7-15(2)20(12-14)29-11-10-23-21(25)16(3)24(30(5,26)27)18-13-17(22)8-9-19(18)28-4/h6-9,12-13,16H,10-11H2,1-5H3,(H,23,25)/t16-/m0/s1. The number of methoxy groups -OCH3 is 1. The molecule has 2 aromatic carbocycles. The molecule has 0 radical (unpaired) electrons. The third-order valence-electron chi connectivity index (χ3n) is 4.47. The van der Waals surface area contributed by atoms with Gasteiger partial charge in [0.2, 0.25) is 15.9 Å². The van der Waals surface area contributed by atoms with E-state index in [1.165, 1.54) is 20.1 Å². The average molecular weight is 455 g/mol. The number of nitrogens with one attached hydrogen (secondary N) is 1. The monoisotopic (exact) mass is 454 g/mol. The van der Waals surface area contributed by atoms with Crippen molar-refractivity contribution in [3.63, 3.8) is 0 Å². The quantitative estimate of drug-likeness (QED) is 0.587. The SMILES string of the molecule is COc1ccc(Cl)cc1N([C@@H](C)C(=O)NCCOc1cc(C)ccc1C)S(C)(=O)=O. The lowest BCUT2D eigenvalue weighted by Crippen LogP contribution is -2.48. The van der Waals surface area contributed by atoms with Crippen LogP contribution < -0.4 is 19.1 Å². The second kappa shape index (κ2) is 10.0. The third-order valence-corrected chi connectivity index (χ3v) is 5.93. The van der Waals surface area contributed by atoms with E-state index in [0.29, 0.717) is 10.8 Å². The number of rotatable bonds is 9. The molecule has 164 valence electrons. The Labute approximate surface area is 183 Å². The molecule has 0 saturated heterocycles. The van der Waals surface area contributed by atoms with Crippen molar-refractivity contribution in [1.29, 1.82) is 0 Å². The van der Waals surface area contributed by atoms with Gasteiger partial charge in [-0.25, -0.2) is 8.42 Å². The lowest BCUT2D eigenvalue weighted by atomic mass is 10.1. The summed E-state index contributed by atoms with van der Waals surface area (Å²) in [6.45, 7) is 5.89. The van der Waals surface area contributed by atoms with E-state index in [2.05, 4.69) is 5.32 Å². The fraction of sp³-hybridized carbons (Fsp3) is 0.381. The lowest BCUT2D eigenvalue weighted by molar-refractivity contribution is -0.121. The van der Waals surface area contributed by atoms with Crippen molar-refractivity contribution in [2.75, 3.05) is 30.8 Å². The fourth-order valence-electron chi connectivity index (χ4n) is 2.96. The van der Waals surface area contributed by atoms with E-state index in [1.54, 1.807) is 12.1 Å². The van der Waals surface area contributed by atoms with E-state index >= 15 is 0 Å². The summed E-state index contributed by atoms with van der Waals surface area (Å²) in [5.41, 5.74) is 2.27. The molecule has 0 spiro atoms. The van der Waals surface area contributed by atoms with Crippen LogP contribution in [0.1, 0.15) is 18.1 Å². The molecule has 0 bridgehead atoms. The van der Waals surface area contributed by atoms with Crippen LogP contribution in [0.5, 0.6) is 11.5 Å². The number of sulfonamides is 1. The molecule has 1 amide bonds. The second-order valence-electron chi connectivity index (χ2n) is 6.96. The highest BCUT2D eigenvalue weighted by atomic mass is 35.5. The number of aryl methyl sites for hydroxylation is 2. The molecule has 30 heavy (non-hydrogen) atoms. The van der Waals surface area contributed by atoms with Crippen molar-refractivity contribution in [3.8, 4) is 11.5 Å². The zero-order chi connectivity index (χ0) is 22.5. The van der Waals surface area contributed by atoms with Crippen LogP contribution >= 0.6 is 11.6 Å². The van der Waals surface area contributed by atoms with Gasteiger partial charge in [0.1, 0.15) is 24.1 Å². The van der Waals surface area contributed by atoms with Crippen molar-refractivity contribution in [2.45, 2.75) is 26.8 Å². The Morgan fingerprint density at radius 2 is 1.87 bits per heavy atom. The molecule has 2 rings (SSSR count). The highest BCUT2D eigenvalue weighted by Gasteiger charge is 2.31. The first-order chi connectivity index (χ1) is 14.0. The molecular formula is C21H27ClN2O5S. The Morgan fingerprint density at radius 1 is 1.17 bits per heavy atom. The number of nitrogens with zero attached hydrogens (tertiary/aromatic N) is 1. The van der Waals surface area contributed by atoms with E-state index in [-0.39, 0.29) is 18.8 Å².